The van der Waals surface area contributed by atoms with Crippen LogP contribution in [0.25, 0.3) is 0 Å². The molecule has 1 aliphatic carbocycles. The summed E-state index contributed by atoms with van der Waals surface area (Å²) in [6.07, 6.45) is 4.37. The minimum Gasteiger partial charge on any atom is -0.487 e. The van der Waals surface area contributed by atoms with Crippen molar-refractivity contribution in [3.8, 4) is 5.75 Å². The number of hydrogen-bond donors (Lipinski definition) is 2. The van der Waals surface area contributed by atoms with Gasteiger partial charge in [0.15, 0.2) is 5.54 Å². The largest absolute Gasteiger partial charge is 0.487 e. The smallest absolute Gasteiger partial charge is 0.322 e. The summed E-state index contributed by atoms with van der Waals surface area (Å²) >= 11 is 0. The fourth-order valence-corrected chi connectivity index (χ4v) is 4.19. The van der Waals surface area contributed by atoms with E-state index in [0.29, 0.717) is 29.1 Å². The lowest BCUT2D eigenvalue weighted by Gasteiger charge is -2.48. The third-order valence-corrected chi connectivity index (χ3v) is 5.50. The Labute approximate surface area is 136 Å². The molecule has 1 aromatic rings. The van der Waals surface area contributed by atoms with Crippen LogP contribution in [0.5, 0.6) is 5.75 Å². The van der Waals surface area contributed by atoms with E-state index in [1.165, 1.54) is 0 Å². The normalized spacial score (nSPS) is 35.6. The SMILES string of the molecule is [B]c1ccc2c(c1)C1(CC3(CCC(C)CC3)O2)NC(=O)NC1=O. The average molecular weight is 310 g/mol. The molecule has 1 saturated heterocycles. The summed E-state index contributed by atoms with van der Waals surface area (Å²) in [6, 6.07) is 4.86. The molecule has 2 N–H and O–H groups in total. The van der Waals surface area contributed by atoms with Crippen LogP contribution < -0.4 is 20.8 Å². The number of carbonyl (C=O) groups is 2. The van der Waals surface area contributed by atoms with Crippen molar-refractivity contribution in [1.82, 2.24) is 10.6 Å². The summed E-state index contributed by atoms with van der Waals surface area (Å²) in [5.41, 5.74) is -0.260. The minimum atomic E-state index is -1.07. The minimum absolute atomic E-state index is 0.310. The Kier molecular flexibility index (Phi) is 3.02. The summed E-state index contributed by atoms with van der Waals surface area (Å²) in [4.78, 5) is 24.5. The zero-order valence-corrected chi connectivity index (χ0v) is 13.1. The van der Waals surface area contributed by atoms with E-state index in [9.17, 15) is 9.59 Å². The van der Waals surface area contributed by atoms with E-state index in [1.807, 2.05) is 6.07 Å². The highest BCUT2D eigenvalue weighted by Gasteiger charge is 2.58. The van der Waals surface area contributed by atoms with E-state index >= 15 is 0 Å². The Hall–Kier alpha value is -1.98. The van der Waals surface area contributed by atoms with Crippen molar-refractivity contribution in [2.45, 2.75) is 50.2 Å². The molecular formula is C17H19BN2O3. The molecule has 6 heteroatoms. The van der Waals surface area contributed by atoms with Gasteiger partial charge in [-0.2, -0.15) is 0 Å². The first kappa shape index (κ1) is 14.6. The second-order valence-electron chi connectivity index (χ2n) is 7.21. The van der Waals surface area contributed by atoms with Gasteiger partial charge in [0.2, 0.25) is 0 Å². The monoisotopic (exact) mass is 310 g/mol. The highest BCUT2D eigenvalue weighted by atomic mass is 16.5. The number of ether oxygens (including phenoxy) is 1. The topological polar surface area (TPSA) is 67.4 Å². The van der Waals surface area contributed by atoms with Crippen molar-refractivity contribution < 1.29 is 14.3 Å². The van der Waals surface area contributed by atoms with Gasteiger partial charge >= 0.3 is 6.03 Å². The Bertz CT molecular complexity index is 697. The van der Waals surface area contributed by atoms with Gasteiger partial charge in [0.25, 0.3) is 5.91 Å². The lowest BCUT2D eigenvalue weighted by molar-refractivity contribution is -0.129. The van der Waals surface area contributed by atoms with Gasteiger partial charge in [-0.1, -0.05) is 24.5 Å². The Morgan fingerprint density at radius 1 is 1.26 bits per heavy atom. The highest BCUT2D eigenvalue weighted by Crippen LogP contribution is 2.50. The molecule has 1 saturated carbocycles. The number of urea groups is 1. The molecule has 23 heavy (non-hydrogen) atoms. The fraction of sp³-hybridized carbons (Fsp3) is 0.529. The van der Waals surface area contributed by atoms with Crippen LogP contribution in [-0.2, 0) is 10.3 Å². The van der Waals surface area contributed by atoms with E-state index in [0.717, 1.165) is 25.7 Å². The molecule has 1 unspecified atom stereocenters. The van der Waals surface area contributed by atoms with Crippen LogP contribution in [-0.4, -0.2) is 25.4 Å². The number of imide groups is 1. The van der Waals surface area contributed by atoms with Gasteiger partial charge < -0.3 is 10.1 Å². The summed E-state index contributed by atoms with van der Waals surface area (Å²) in [6.45, 7) is 2.24. The maximum atomic E-state index is 12.6. The molecule has 0 bridgehead atoms. The molecule has 1 atom stereocenters. The number of amides is 3. The van der Waals surface area contributed by atoms with Gasteiger partial charge in [0.05, 0.1) is 0 Å². The number of hydrogen-bond acceptors (Lipinski definition) is 3. The second-order valence-corrected chi connectivity index (χ2v) is 7.21. The van der Waals surface area contributed by atoms with Crippen LogP contribution in [0.2, 0.25) is 0 Å². The molecule has 2 heterocycles. The third-order valence-electron chi connectivity index (χ3n) is 5.50. The zero-order chi connectivity index (χ0) is 16.2. The summed E-state index contributed by atoms with van der Waals surface area (Å²) in [5.74, 6) is 1.01. The molecule has 0 aromatic heterocycles. The Balaban J connectivity index is 1.83. The van der Waals surface area contributed by atoms with Gasteiger partial charge in [0, 0.05) is 12.0 Å². The maximum Gasteiger partial charge on any atom is 0.322 e. The van der Waals surface area contributed by atoms with Crippen molar-refractivity contribution in [2.75, 3.05) is 0 Å². The van der Waals surface area contributed by atoms with Crippen molar-refractivity contribution in [3.05, 3.63) is 23.8 Å². The molecule has 2 radical (unpaired) electrons. The first-order valence-electron chi connectivity index (χ1n) is 8.15. The van der Waals surface area contributed by atoms with E-state index in [-0.39, 0.29) is 5.91 Å². The molecule has 2 spiro atoms. The zero-order valence-electron chi connectivity index (χ0n) is 13.1. The van der Waals surface area contributed by atoms with Gasteiger partial charge in [0.1, 0.15) is 19.2 Å². The van der Waals surface area contributed by atoms with E-state index in [4.69, 9.17) is 12.6 Å². The maximum absolute atomic E-state index is 12.6. The number of benzene rings is 1. The molecule has 4 rings (SSSR count). The lowest BCUT2D eigenvalue weighted by atomic mass is 9.68. The van der Waals surface area contributed by atoms with Gasteiger partial charge in [-0.15, -0.1) is 0 Å². The Morgan fingerprint density at radius 2 is 2.00 bits per heavy atom. The fourth-order valence-electron chi connectivity index (χ4n) is 4.19. The number of carbonyl (C=O) groups excluding carboxylic acids is 2. The first-order valence-corrected chi connectivity index (χ1v) is 8.15. The first-order chi connectivity index (χ1) is 10.9. The summed E-state index contributed by atoms with van der Waals surface area (Å²) in [5, 5.41) is 5.23. The van der Waals surface area contributed by atoms with Crippen molar-refractivity contribution in [3.63, 3.8) is 0 Å². The molecule has 1 aromatic carbocycles. The Morgan fingerprint density at radius 3 is 2.65 bits per heavy atom. The summed E-state index contributed by atoms with van der Waals surface area (Å²) < 4.78 is 6.35. The highest BCUT2D eigenvalue weighted by molar-refractivity contribution is 6.32. The van der Waals surface area contributed by atoms with Crippen LogP contribution in [0.1, 0.15) is 44.6 Å². The van der Waals surface area contributed by atoms with Crippen LogP contribution in [0.15, 0.2) is 18.2 Å². The lowest BCUT2D eigenvalue weighted by Crippen LogP contribution is -2.57. The van der Waals surface area contributed by atoms with Crippen LogP contribution in [0.4, 0.5) is 4.79 Å². The standard InChI is InChI=1S/C17H19BN2O3/c1-10-4-6-16(7-5-10)9-17(14(21)19-15(22)20-17)12-8-11(18)2-3-13(12)23-16/h2-3,8,10H,4-7,9H2,1H3,(H2,19,20,21,22). The molecule has 118 valence electrons. The number of rotatable bonds is 0. The van der Waals surface area contributed by atoms with Crippen molar-refractivity contribution in [1.29, 1.82) is 0 Å². The van der Waals surface area contributed by atoms with Crippen LogP contribution in [0.3, 0.4) is 0 Å². The molecule has 2 fully saturated rings. The quantitative estimate of drug-likeness (QED) is 0.560. The second kappa shape index (κ2) is 4.76. The van der Waals surface area contributed by atoms with Gasteiger partial charge in [-0.05, 0) is 37.7 Å². The molecular weight excluding hydrogens is 291 g/mol. The molecule has 3 aliphatic rings. The molecule has 5 nitrogen and oxygen atoms in total. The van der Waals surface area contributed by atoms with Crippen LogP contribution >= 0.6 is 0 Å². The van der Waals surface area contributed by atoms with Crippen molar-refractivity contribution in [2.24, 2.45) is 5.92 Å². The third kappa shape index (κ3) is 2.15. The molecule has 3 amide bonds. The number of fused-ring (bicyclic) bond motifs is 2. The number of nitrogens with one attached hydrogen (secondary N) is 2. The van der Waals surface area contributed by atoms with E-state index in [2.05, 4.69) is 17.6 Å². The van der Waals surface area contributed by atoms with Crippen molar-refractivity contribution >= 4 is 25.2 Å². The average Bonchev–Trinajstić information content (AvgIpc) is 2.78. The van der Waals surface area contributed by atoms with E-state index in [1.54, 1.807) is 12.1 Å². The van der Waals surface area contributed by atoms with Gasteiger partial charge in [-0.25, -0.2) is 4.79 Å². The van der Waals surface area contributed by atoms with Gasteiger partial charge in [-0.3, -0.25) is 10.1 Å². The van der Waals surface area contributed by atoms with E-state index < -0.39 is 17.2 Å². The predicted octanol–water partition coefficient (Wildman–Crippen LogP) is 1.25. The summed E-state index contributed by atoms with van der Waals surface area (Å²) in [7, 11) is 5.90. The van der Waals surface area contributed by atoms with Crippen LogP contribution in [0, 0.1) is 5.92 Å². The molecule has 2 aliphatic heterocycles. The predicted molar refractivity (Wildman–Crippen MR) is 85.8 cm³/mol.